The second-order valence-corrected chi connectivity index (χ2v) is 15.9. The zero-order valence-corrected chi connectivity index (χ0v) is 31.5. The van der Waals surface area contributed by atoms with E-state index in [1.165, 1.54) is 22.3 Å². The Labute approximate surface area is 290 Å². The van der Waals surface area contributed by atoms with E-state index in [1.54, 1.807) is 9.34 Å². The Hall–Kier alpha value is -2.82. The van der Waals surface area contributed by atoms with E-state index in [2.05, 4.69) is 62.4 Å². The van der Waals surface area contributed by atoms with Gasteiger partial charge in [0.1, 0.15) is 0 Å². The molecule has 0 spiro atoms. The number of hydrogen-bond donors (Lipinski definition) is 2. The first-order valence-corrected chi connectivity index (χ1v) is 19.7. The highest BCUT2D eigenvalue weighted by Crippen LogP contribution is 2.40. The van der Waals surface area contributed by atoms with E-state index in [-0.39, 0.29) is 23.2 Å². The summed E-state index contributed by atoms with van der Waals surface area (Å²) in [4.78, 5) is 19.9. The summed E-state index contributed by atoms with van der Waals surface area (Å²) in [7, 11) is -5.54. The smallest absolute Gasteiger partial charge is 0.259 e. The van der Waals surface area contributed by atoms with E-state index in [1.807, 2.05) is 100 Å². The number of hydrogen-bond acceptors (Lipinski definition) is 2. The van der Waals surface area contributed by atoms with Crippen LogP contribution in [0.5, 0.6) is 0 Å². The minimum absolute atomic E-state index is 0.0193. The van der Waals surface area contributed by atoms with Crippen LogP contribution in [0.25, 0.3) is 0 Å². The van der Waals surface area contributed by atoms with Gasteiger partial charge in [-0.1, -0.05) is 121 Å². The monoisotopic (exact) mass is 690 g/mol. The van der Waals surface area contributed by atoms with E-state index in [9.17, 15) is 18.9 Å². The molecule has 0 saturated heterocycles. The number of benzene rings is 4. The van der Waals surface area contributed by atoms with E-state index < -0.39 is 16.4 Å². The largest absolute Gasteiger partial charge is 0.335 e. The molecule has 2 N–H and O–H groups in total. The maximum atomic E-state index is 12.1. The van der Waals surface area contributed by atoms with Gasteiger partial charge in [-0.15, -0.1) is 0 Å². The lowest BCUT2D eigenvalue weighted by atomic mass is 9.86. The van der Waals surface area contributed by atoms with Crippen LogP contribution in [0, 0.1) is 0 Å². The molecule has 0 bridgehead atoms. The lowest BCUT2D eigenvalue weighted by molar-refractivity contribution is 0.146. The average Bonchev–Trinajstić information content (AvgIpc) is 3.04. The molecule has 4 rings (SSSR count). The van der Waals surface area contributed by atoms with Crippen molar-refractivity contribution >= 4 is 16.4 Å². The van der Waals surface area contributed by atoms with Crippen LogP contribution in [0.15, 0.2) is 121 Å². The molecular weight excluding hydrogens is 634 g/mol. The van der Waals surface area contributed by atoms with Crippen molar-refractivity contribution < 1.29 is 18.9 Å². The van der Waals surface area contributed by atoms with Crippen LogP contribution in [0.4, 0.5) is 0 Å². The quantitative estimate of drug-likeness (QED) is 0.114. The minimum Gasteiger partial charge on any atom is -0.335 e. The molecule has 0 aliphatic heterocycles. The fourth-order valence-corrected chi connectivity index (χ4v) is 9.11. The number of aryl methyl sites for hydroxylation is 2. The van der Waals surface area contributed by atoms with Crippen molar-refractivity contribution in [2.45, 2.75) is 103 Å². The lowest BCUT2D eigenvalue weighted by Gasteiger charge is -2.42. The van der Waals surface area contributed by atoms with Crippen LogP contribution in [0.2, 0.25) is 0 Å². The van der Waals surface area contributed by atoms with E-state index in [4.69, 9.17) is 0 Å². The Morgan fingerprint density at radius 1 is 0.500 bits per heavy atom. The van der Waals surface area contributed by atoms with Gasteiger partial charge in [0.05, 0.1) is 0 Å². The average molecular weight is 691 g/mol. The highest BCUT2D eigenvalue weighted by molar-refractivity contribution is 7.35. The van der Waals surface area contributed by atoms with Crippen molar-refractivity contribution in [1.29, 1.82) is 0 Å². The standard InChI is InChI=1S/2C20H28NO2P/c2*1-17(2)21(24(22)23)20(3,16-19-12-8-5-9-13-19)15-14-18-10-6-4-7-11-18/h2*4-13,17,24H,14-16H2,1-3H3,(H,22,23). The molecule has 0 aliphatic carbocycles. The summed E-state index contributed by atoms with van der Waals surface area (Å²) in [5.74, 6) is 0. The first-order chi connectivity index (χ1) is 22.8. The number of nitrogens with zero attached hydrogens (tertiary/aromatic N) is 2. The summed E-state index contributed by atoms with van der Waals surface area (Å²) in [6.45, 7) is 12.2. The molecule has 0 aliphatic rings. The fourth-order valence-electron chi connectivity index (χ4n) is 6.93. The van der Waals surface area contributed by atoms with Crippen LogP contribution in [-0.4, -0.2) is 42.3 Å². The van der Waals surface area contributed by atoms with Crippen LogP contribution >= 0.6 is 16.4 Å². The van der Waals surface area contributed by atoms with E-state index >= 15 is 0 Å². The third-order valence-electron chi connectivity index (χ3n) is 9.05. The Kier molecular flexibility index (Phi) is 16.0. The molecule has 0 fully saturated rings. The second-order valence-electron chi connectivity index (χ2n) is 13.8. The molecule has 0 amide bonds. The van der Waals surface area contributed by atoms with E-state index in [0.29, 0.717) is 0 Å². The van der Waals surface area contributed by atoms with Gasteiger partial charge in [0.25, 0.3) is 16.4 Å². The van der Waals surface area contributed by atoms with Crippen molar-refractivity contribution in [2.75, 3.05) is 0 Å². The molecule has 4 atom stereocenters. The van der Waals surface area contributed by atoms with Gasteiger partial charge in [-0.3, -0.25) is 9.13 Å². The molecule has 4 aromatic rings. The predicted molar refractivity (Wildman–Crippen MR) is 203 cm³/mol. The summed E-state index contributed by atoms with van der Waals surface area (Å²) in [6, 6.07) is 41.1. The van der Waals surface area contributed by atoms with Crippen molar-refractivity contribution in [3.63, 3.8) is 0 Å². The molecular formula is C40H56N2O4P2. The maximum absolute atomic E-state index is 12.1. The Bertz CT molecular complexity index is 1410. The Morgan fingerprint density at radius 2 is 0.750 bits per heavy atom. The van der Waals surface area contributed by atoms with E-state index in [0.717, 1.165) is 38.5 Å². The third kappa shape index (κ3) is 12.3. The zero-order chi connectivity index (χ0) is 35.2. The zero-order valence-electron chi connectivity index (χ0n) is 29.5. The van der Waals surface area contributed by atoms with Crippen LogP contribution in [-0.2, 0) is 34.8 Å². The van der Waals surface area contributed by atoms with Crippen molar-refractivity contribution in [2.24, 2.45) is 0 Å². The van der Waals surface area contributed by atoms with Gasteiger partial charge in [0.15, 0.2) is 0 Å². The molecule has 4 aromatic carbocycles. The SMILES string of the molecule is CC(C)N([PH](=O)O)C(C)(CCc1ccccc1)Cc1ccccc1.CC(C)N([PH](=O)O)C(C)(CCc1ccccc1)Cc1ccccc1. The molecule has 48 heavy (non-hydrogen) atoms. The molecule has 6 nitrogen and oxygen atoms in total. The van der Waals surface area contributed by atoms with Crippen LogP contribution in [0.3, 0.4) is 0 Å². The van der Waals surface area contributed by atoms with Crippen molar-refractivity contribution in [1.82, 2.24) is 9.34 Å². The van der Waals surface area contributed by atoms with Gasteiger partial charge in [-0.2, -0.15) is 0 Å². The van der Waals surface area contributed by atoms with Gasteiger partial charge in [-0.05, 0) is 102 Å². The topological polar surface area (TPSA) is 81.1 Å². The third-order valence-corrected chi connectivity index (χ3v) is 12.0. The Morgan fingerprint density at radius 3 is 0.979 bits per heavy atom. The molecule has 8 heteroatoms. The summed E-state index contributed by atoms with van der Waals surface area (Å²) >= 11 is 0. The lowest BCUT2D eigenvalue weighted by Crippen LogP contribution is -2.47. The van der Waals surface area contributed by atoms with Gasteiger partial charge >= 0.3 is 0 Å². The first-order valence-electron chi connectivity index (χ1n) is 17.0. The summed E-state index contributed by atoms with van der Waals surface area (Å²) in [6.07, 6.45) is 4.97. The van der Waals surface area contributed by atoms with Crippen molar-refractivity contribution in [3.8, 4) is 0 Å². The minimum atomic E-state index is -2.77. The molecule has 0 radical (unpaired) electrons. The highest BCUT2D eigenvalue weighted by atomic mass is 31.1. The molecule has 260 valence electrons. The van der Waals surface area contributed by atoms with Gasteiger partial charge in [0, 0.05) is 23.2 Å². The van der Waals surface area contributed by atoms with Gasteiger partial charge in [-0.25, -0.2) is 9.34 Å². The molecule has 0 heterocycles. The molecule has 0 saturated carbocycles. The molecule has 0 aromatic heterocycles. The summed E-state index contributed by atoms with van der Waals surface area (Å²) in [5, 5.41) is 0. The Balaban J connectivity index is 0.000000260. The second kappa shape index (κ2) is 19.4. The molecule has 4 unspecified atom stereocenters. The summed E-state index contributed by atoms with van der Waals surface area (Å²) < 4.78 is 27.8. The van der Waals surface area contributed by atoms with Crippen molar-refractivity contribution in [3.05, 3.63) is 144 Å². The highest BCUT2D eigenvalue weighted by Gasteiger charge is 2.37. The van der Waals surface area contributed by atoms with Crippen LogP contribution in [0.1, 0.15) is 76.6 Å². The normalized spacial score (nSPS) is 15.4. The summed E-state index contributed by atoms with van der Waals surface area (Å²) in [5.41, 5.74) is 4.19. The number of rotatable bonds is 16. The first kappa shape index (κ1) is 39.6. The van der Waals surface area contributed by atoms with Gasteiger partial charge in [0.2, 0.25) is 0 Å². The van der Waals surface area contributed by atoms with Gasteiger partial charge < -0.3 is 9.79 Å². The fraction of sp³-hybridized carbons (Fsp3) is 0.400. The predicted octanol–water partition coefficient (Wildman–Crippen LogP) is 9.43. The van der Waals surface area contributed by atoms with Crippen LogP contribution < -0.4 is 0 Å². The maximum Gasteiger partial charge on any atom is 0.259 e.